The molecule has 0 bridgehead atoms. The van der Waals surface area contributed by atoms with E-state index in [0.717, 1.165) is 12.1 Å². The minimum Gasteiger partial charge on any atom is -0.316 e. The monoisotopic (exact) mass is 261 g/mol. The van der Waals surface area contributed by atoms with Gasteiger partial charge in [0.25, 0.3) is 0 Å². The molecular formula is C14H19N3O2. The SMILES string of the molecule is CCNC(c1ccc2[nH]c(=O)c(=O)[nH]c2c1)C(C)C. The van der Waals surface area contributed by atoms with Crippen LogP contribution in [0.2, 0.25) is 0 Å². The van der Waals surface area contributed by atoms with Crippen molar-refractivity contribution in [2.24, 2.45) is 5.92 Å². The third kappa shape index (κ3) is 2.76. The summed E-state index contributed by atoms with van der Waals surface area (Å²) < 4.78 is 0. The van der Waals surface area contributed by atoms with Gasteiger partial charge in [-0.15, -0.1) is 0 Å². The maximum Gasteiger partial charge on any atom is 0.314 e. The van der Waals surface area contributed by atoms with Crippen LogP contribution < -0.4 is 16.4 Å². The zero-order valence-electron chi connectivity index (χ0n) is 11.4. The van der Waals surface area contributed by atoms with Crippen LogP contribution in [0.3, 0.4) is 0 Å². The molecule has 0 fully saturated rings. The molecule has 0 saturated carbocycles. The van der Waals surface area contributed by atoms with Crippen LogP contribution in [0.5, 0.6) is 0 Å². The Balaban J connectivity index is 2.54. The van der Waals surface area contributed by atoms with Crippen molar-refractivity contribution in [3.05, 3.63) is 44.5 Å². The van der Waals surface area contributed by atoms with Crippen LogP contribution in [0, 0.1) is 5.92 Å². The number of rotatable bonds is 4. The zero-order valence-corrected chi connectivity index (χ0v) is 11.4. The van der Waals surface area contributed by atoms with E-state index in [4.69, 9.17) is 0 Å². The molecule has 19 heavy (non-hydrogen) atoms. The van der Waals surface area contributed by atoms with Gasteiger partial charge in [0.05, 0.1) is 11.0 Å². The average Bonchev–Trinajstić information content (AvgIpc) is 2.36. The van der Waals surface area contributed by atoms with Gasteiger partial charge in [-0.25, -0.2) is 0 Å². The van der Waals surface area contributed by atoms with Gasteiger partial charge in [-0.1, -0.05) is 26.8 Å². The van der Waals surface area contributed by atoms with Crippen LogP contribution in [0.1, 0.15) is 32.4 Å². The van der Waals surface area contributed by atoms with E-state index in [1.807, 2.05) is 18.2 Å². The van der Waals surface area contributed by atoms with Crippen molar-refractivity contribution in [2.45, 2.75) is 26.8 Å². The summed E-state index contributed by atoms with van der Waals surface area (Å²) in [5.41, 5.74) is 1.17. The highest BCUT2D eigenvalue weighted by atomic mass is 16.2. The lowest BCUT2D eigenvalue weighted by Crippen LogP contribution is -2.29. The molecule has 1 aromatic carbocycles. The molecule has 1 aromatic heterocycles. The molecule has 102 valence electrons. The maximum absolute atomic E-state index is 11.4. The van der Waals surface area contributed by atoms with Crippen molar-refractivity contribution in [3.63, 3.8) is 0 Å². The Labute approximate surface area is 111 Å². The van der Waals surface area contributed by atoms with Crippen molar-refractivity contribution >= 4 is 11.0 Å². The van der Waals surface area contributed by atoms with E-state index in [1.165, 1.54) is 0 Å². The number of hydrogen-bond acceptors (Lipinski definition) is 3. The van der Waals surface area contributed by atoms with E-state index in [9.17, 15) is 9.59 Å². The first kappa shape index (κ1) is 13.5. The molecule has 0 aliphatic carbocycles. The summed E-state index contributed by atoms with van der Waals surface area (Å²) in [6.45, 7) is 7.24. The Morgan fingerprint density at radius 2 is 1.74 bits per heavy atom. The van der Waals surface area contributed by atoms with Gasteiger partial charge in [0.1, 0.15) is 0 Å². The predicted octanol–water partition coefficient (Wildman–Crippen LogP) is 1.52. The van der Waals surface area contributed by atoms with Crippen LogP contribution in [-0.2, 0) is 0 Å². The molecule has 5 nitrogen and oxygen atoms in total. The normalized spacial score (nSPS) is 13.1. The smallest absolute Gasteiger partial charge is 0.314 e. The maximum atomic E-state index is 11.4. The van der Waals surface area contributed by atoms with E-state index >= 15 is 0 Å². The van der Waals surface area contributed by atoms with Crippen LogP contribution in [0.4, 0.5) is 0 Å². The molecule has 0 amide bonds. The van der Waals surface area contributed by atoms with Gasteiger partial charge in [0.15, 0.2) is 0 Å². The van der Waals surface area contributed by atoms with E-state index in [1.54, 1.807) is 0 Å². The number of fused-ring (bicyclic) bond motifs is 1. The van der Waals surface area contributed by atoms with Crippen molar-refractivity contribution in [2.75, 3.05) is 6.54 Å². The summed E-state index contributed by atoms with van der Waals surface area (Å²) in [7, 11) is 0. The summed E-state index contributed by atoms with van der Waals surface area (Å²) in [6, 6.07) is 5.95. The first-order valence-corrected chi connectivity index (χ1v) is 6.52. The Kier molecular flexibility index (Phi) is 3.85. The van der Waals surface area contributed by atoms with Gasteiger partial charge in [-0.05, 0) is 30.2 Å². The molecule has 1 atom stereocenters. The molecule has 0 aliphatic rings. The van der Waals surface area contributed by atoms with E-state index in [2.05, 4.69) is 36.1 Å². The lowest BCUT2D eigenvalue weighted by molar-refractivity contribution is 0.422. The second-order valence-corrected chi connectivity index (χ2v) is 4.99. The molecule has 1 unspecified atom stereocenters. The Morgan fingerprint density at radius 1 is 1.11 bits per heavy atom. The molecule has 0 aliphatic heterocycles. The van der Waals surface area contributed by atoms with Crippen molar-refractivity contribution in [1.29, 1.82) is 0 Å². The van der Waals surface area contributed by atoms with Crippen LogP contribution in [-0.4, -0.2) is 16.5 Å². The summed E-state index contributed by atoms with van der Waals surface area (Å²) in [5.74, 6) is 0.437. The summed E-state index contributed by atoms with van der Waals surface area (Å²) >= 11 is 0. The van der Waals surface area contributed by atoms with Crippen molar-refractivity contribution in [3.8, 4) is 0 Å². The number of H-pyrrole nitrogens is 2. The minimum absolute atomic E-state index is 0.227. The Morgan fingerprint density at radius 3 is 2.32 bits per heavy atom. The molecular weight excluding hydrogens is 242 g/mol. The summed E-state index contributed by atoms with van der Waals surface area (Å²) in [4.78, 5) is 27.8. The molecule has 0 saturated heterocycles. The first-order chi connectivity index (χ1) is 9.02. The largest absolute Gasteiger partial charge is 0.316 e. The van der Waals surface area contributed by atoms with Crippen molar-refractivity contribution in [1.82, 2.24) is 15.3 Å². The average molecular weight is 261 g/mol. The predicted molar refractivity (Wildman–Crippen MR) is 76.4 cm³/mol. The Bertz CT molecular complexity index is 685. The van der Waals surface area contributed by atoms with Crippen LogP contribution >= 0.6 is 0 Å². The van der Waals surface area contributed by atoms with Gasteiger partial charge in [0.2, 0.25) is 0 Å². The molecule has 2 rings (SSSR count). The van der Waals surface area contributed by atoms with Crippen LogP contribution in [0.25, 0.3) is 11.0 Å². The second-order valence-electron chi connectivity index (χ2n) is 4.99. The number of aromatic amines is 2. The highest BCUT2D eigenvalue weighted by Crippen LogP contribution is 2.23. The standard InChI is InChI=1S/C14H19N3O2/c1-4-15-12(8(2)3)9-5-6-10-11(7-9)17-14(19)13(18)16-10/h5-8,12,15H,4H2,1-3H3,(H,16,18)(H,17,19). The lowest BCUT2D eigenvalue weighted by atomic mass is 9.95. The van der Waals surface area contributed by atoms with E-state index in [0.29, 0.717) is 17.0 Å². The quantitative estimate of drug-likeness (QED) is 0.730. The molecule has 0 radical (unpaired) electrons. The number of hydrogen-bond donors (Lipinski definition) is 3. The topological polar surface area (TPSA) is 77.8 Å². The third-order valence-electron chi connectivity index (χ3n) is 3.20. The number of aromatic nitrogens is 2. The van der Waals surface area contributed by atoms with E-state index < -0.39 is 11.1 Å². The minimum atomic E-state index is -0.618. The summed E-state index contributed by atoms with van der Waals surface area (Å²) in [6.07, 6.45) is 0. The molecule has 1 heterocycles. The fourth-order valence-electron chi connectivity index (χ4n) is 2.28. The lowest BCUT2D eigenvalue weighted by Gasteiger charge is -2.22. The molecule has 5 heteroatoms. The Hall–Kier alpha value is -1.88. The highest BCUT2D eigenvalue weighted by molar-refractivity contribution is 5.74. The fourth-order valence-corrected chi connectivity index (χ4v) is 2.28. The van der Waals surface area contributed by atoms with Gasteiger partial charge in [-0.3, -0.25) is 9.59 Å². The first-order valence-electron chi connectivity index (χ1n) is 6.52. The van der Waals surface area contributed by atoms with Crippen molar-refractivity contribution < 1.29 is 0 Å². The second kappa shape index (κ2) is 5.40. The van der Waals surface area contributed by atoms with Crippen LogP contribution in [0.15, 0.2) is 27.8 Å². The van der Waals surface area contributed by atoms with Gasteiger partial charge in [-0.2, -0.15) is 0 Å². The summed E-state index contributed by atoms with van der Waals surface area (Å²) in [5, 5.41) is 3.43. The fraction of sp³-hybridized carbons (Fsp3) is 0.429. The van der Waals surface area contributed by atoms with Gasteiger partial charge in [0, 0.05) is 6.04 Å². The third-order valence-corrected chi connectivity index (χ3v) is 3.20. The molecule has 3 N–H and O–H groups in total. The zero-order chi connectivity index (χ0) is 14.0. The highest BCUT2D eigenvalue weighted by Gasteiger charge is 2.15. The van der Waals surface area contributed by atoms with Gasteiger partial charge >= 0.3 is 11.1 Å². The van der Waals surface area contributed by atoms with Gasteiger partial charge < -0.3 is 15.3 Å². The number of benzene rings is 1. The van der Waals surface area contributed by atoms with E-state index in [-0.39, 0.29) is 6.04 Å². The molecule has 2 aromatic rings. The molecule has 0 spiro atoms. The number of nitrogens with one attached hydrogen (secondary N) is 3.